The molecule has 3 rings (SSSR count). The lowest BCUT2D eigenvalue weighted by atomic mass is 10.0. The fourth-order valence-electron chi connectivity index (χ4n) is 3.77. The van der Waals surface area contributed by atoms with Crippen LogP contribution in [0.15, 0.2) is 24.3 Å². The highest BCUT2D eigenvalue weighted by molar-refractivity contribution is 5.82. The van der Waals surface area contributed by atoms with Gasteiger partial charge in [-0.15, -0.1) is 0 Å². The first-order valence-electron chi connectivity index (χ1n) is 9.61. The van der Waals surface area contributed by atoms with Gasteiger partial charge in [-0.2, -0.15) is 0 Å². The van der Waals surface area contributed by atoms with E-state index in [0.717, 1.165) is 50.0 Å². The number of amides is 2. The Morgan fingerprint density at radius 1 is 1.19 bits per heavy atom. The Morgan fingerprint density at radius 3 is 2.65 bits per heavy atom. The quantitative estimate of drug-likeness (QED) is 0.836. The van der Waals surface area contributed by atoms with E-state index in [1.54, 1.807) is 7.11 Å². The van der Waals surface area contributed by atoms with Gasteiger partial charge in [0.15, 0.2) is 0 Å². The largest absolute Gasteiger partial charge is 0.496 e. The zero-order valence-corrected chi connectivity index (χ0v) is 15.5. The van der Waals surface area contributed by atoms with E-state index in [1.807, 2.05) is 29.2 Å². The number of rotatable bonds is 5. The van der Waals surface area contributed by atoms with Gasteiger partial charge < -0.3 is 20.3 Å². The highest BCUT2D eigenvalue weighted by atomic mass is 16.5. The molecule has 0 aromatic heterocycles. The van der Waals surface area contributed by atoms with Gasteiger partial charge in [-0.3, -0.25) is 9.59 Å². The van der Waals surface area contributed by atoms with Gasteiger partial charge in [0.1, 0.15) is 5.75 Å². The van der Waals surface area contributed by atoms with E-state index in [2.05, 4.69) is 10.6 Å². The summed E-state index contributed by atoms with van der Waals surface area (Å²) in [5, 5.41) is 6.44. The second-order valence-electron chi connectivity index (χ2n) is 7.15. The third kappa shape index (κ3) is 4.75. The molecule has 1 unspecified atom stereocenters. The number of hydrogen-bond acceptors (Lipinski definition) is 4. The Bertz CT molecular complexity index is 620. The Hall–Kier alpha value is -2.08. The van der Waals surface area contributed by atoms with Crippen LogP contribution in [0.4, 0.5) is 0 Å². The van der Waals surface area contributed by atoms with Gasteiger partial charge in [-0.05, 0) is 38.3 Å². The summed E-state index contributed by atoms with van der Waals surface area (Å²) in [5.74, 6) is 0.986. The number of methoxy groups -OCH3 is 1. The van der Waals surface area contributed by atoms with Crippen molar-refractivity contribution in [3.63, 3.8) is 0 Å². The highest BCUT2D eigenvalue weighted by Crippen LogP contribution is 2.20. The second-order valence-corrected chi connectivity index (χ2v) is 7.15. The molecule has 1 atom stereocenters. The Morgan fingerprint density at radius 2 is 1.96 bits per heavy atom. The minimum absolute atomic E-state index is 0.0473. The molecule has 2 saturated heterocycles. The van der Waals surface area contributed by atoms with E-state index in [-0.39, 0.29) is 23.9 Å². The smallest absolute Gasteiger partial charge is 0.237 e. The fraction of sp³-hybridized carbons (Fsp3) is 0.600. The summed E-state index contributed by atoms with van der Waals surface area (Å²) < 4.78 is 5.33. The highest BCUT2D eigenvalue weighted by Gasteiger charge is 2.27. The van der Waals surface area contributed by atoms with Gasteiger partial charge in [0.2, 0.25) is 11.8 Å². The molecule has 2 amide bonds. The number of likely N-dealkylation sites (tertiary alicyclic amines) is 1. The van der Waals surface area contributed by atoms with Crippen molar-refractivity contribution < 1.29 is 14.3 Å². The topological polar surface area (TPSA) is 70.7 Å². The molecule has 0 aliphatic carbocycles. The second kappa shape index (κ2) is 9.03. The van der Waals surface area contributed by atoms with Crippen molar-refractivity contribution in [3.05, 3.63) is 29.8 Å². The first-order chi connectivity index (χ1) is 12.7. The molecule has 142 valence electrons. The number of carbonyl (C=O) groups excluding carboxylic acids is 2. The Labute approximate surface area is 155 Å². The average molecular weight is 359 g/mol. The summed E-state index contributed by atoms with van der Waals surface area (Å²) in [6.45, 7) is 2.31. The van der Waals surface area contributed by atoms with Gasteiger partial charge in [-0.1, -0.05) is 24.6 Å². The van der Waals surface area contributed by atoms with E-state index < -0.39 is 0 Å². The monoisotopic (exact) mass is 359 g/mol. The first-order valence-corrected chi connectivity index (χ1v) is 9.61. The molecule has 6 heteroatoms. The van der Waals surface area contributed by atoms with Gasteiger partial charge in [-0.25, -0.2) is 0 Å². The summed E-state index contributed by atoms with van der Waals surface area (Å²) in [6.07, 6.45) is 5.17. The van der Waals surface area contributed by atoms with Crippen LogP contribution in [0.25, 0.3) is 0 Å². The number of piperidine rings is 2. The maximum absolute atomic E-state index is 12.6. The van der Waals surface area contributed by atoms with Crippen LogP contribution < -0.4 is 15.4 Å². The maximum Gasteiger partial charge on any atom is 0.237 e. The molecular weight excluding hydrogens is 330 g/mol. The minimum atomic E-state index is -0.0473. The molecule has 2 fully saturated rings. The number of para-hydroxylation sites is 1. The summed E-state index contributed by atoms with van der Waals surface area (Å²) in [7, 11) is 1.62. The van der Waals surface area contributed by atoms with E-state index in [0.29, 0.717) is 19.5 Å². The minimum Gasteiger partial charge on any atom is -0.496 e. The van der Waals surface area contributed by atoms with Crippen LogP contribution in [0.2, 0.25) is 0 Å². The van der Waals surface area contributed by atoms with Gasteiger partial charge in [0, 0.05) is 24.7 Å². The molecule has 1 aromatic rings. The number of nitrogens with one attached hydrogen (secondary N) is 2. The maximum atomic E-state index is 12.6. The molecule has 0 spiro atoms. The van der Waals surface area contributed by atoms with Crippen LogP contribution in [-0.2, 0) is 16.0 Å². The molecule has 2 aliphatic rings. The van der Waals surface area contributed by atoms with Gasteiger partial charge >= 0.3 is 0 Å². The lowest BCUT2D eigenvalue weighted by Crippen LogP contribution is -2.52. The van der Waals surface area contributed by atoms with Crippen LogP contribution in [0.1, 0.15) is 37.7 Å². The van der Waals surface area contributed by atoms with E-state index in [4.69, 9.17) is 4.74 Å². The molecule has 0 radical (unpaired) electrons. The van der Waals surface area contributed by atoms with Gasteiger partial charge in [0.25, 0.3) is 0 Å². The molecule has 1 aromatic carbocycles. The van der Waals surface area contributed by atoms with Crippen LogP contribution in [0.5, 0.6) is 5.75 Å². The standard InChI is InChI=1S/C20H29N3O3/c1-26-18-8-3-2-6-15(18)14-19(24)23-12-9-16(10-13-23)22-20(25)17-7-4-5-11-21-17/h2-3,6,8,16-17,21H,4-5,7,9-14H2,1H3,(H,22,25). The fourth-order valence-corrected chi connectivity index (χ4v) is 3.77. The van der Waals surface area contributed by atoms with Crippen molar-refractivity contribution in [1.29, 1.82) is 0 Å². The SMILES string of the molecule is COc1ccccc1CC(=O)N1CCC(NC(=O)C2CCCCN2)CC1. The summed E-state index contributed by atoms with van der Waals surface area (Å²) >= 11 is 0. The molecule has 2 heterocycles. The number of hydrogen-bond donors (Lipinski definition) is 2. The van der Waals surface area contributed by atoms with E-state index >= 15 is 0 Å². The van der Waals surface area contributed by atoms with Crippen LogP contribution in [0.3, 0.4) is 0 Å². The summed E-state index contributed by atoms with van der Waals surface area (Å²) in [5.41, 5.74) is 0.916. The lowest BCUT2D eigenvalue weighted by molar-refractivity contribution is -0.131. The van der Waals surface area contributed by atoms with Crippen LogP contribution in [0, 0.1) is 0 Å². The first kappa shape index (κ1) is 18.7. The van der Waals surface area contributed by atoms with Crippen LogP contribution in [-0.4, -0.2) is 55.5 Å². The number of ether oxygens (including phenoxy) is 1. The Kier molecular flexibility index (Phi) is 6.50. The zero-order valence-electron chi connectivity index (χ0n) is 15.5. The third-order valence-corrected chi connectivity index (χ3v) is 5.36. The van der Waals surface area contributed by atoms with Crippen molar-refractivity contribution >= 4 is 11.8 Å². The predicted octanol–water partition coefficient (Wildman–Crippen LogP) is 1.49. The number of carbonyl (C=O) groups is 2. The zero-order chi connectivity index (χ0) is 18.4. The summed E-state index contributed by atoms with van der Waals surface area (Å²) in [6, 6.07) is 7.76. The molecule has 26 heavy (non-hydrogen) atoms. The molecule has 2 aliphatic heterocycles. The van der Waals surface area contributed by atoms with Gasteiger partial charge in [0.05, 0.1) is 19.6 Å². The van der Waals surface area contributed by atoms with Crippen molar-refractivity contribution in [3.8, 4) is 5.75 Å². The molecule has 0 bridgehead atoms. The molecule has 2 N–H and O–H groups in total. The molecule has 6 nitrogen and oxygen atoms in total. The number of benzene rings is 1. The van der Waals surface area contributed by atoms with Crippen molar-refractivity contribution in [2.45, 2.75) is 50.6 Å². The Balaban J connectivity index is 1.45. The predicted molar refractivity (Wildman–Crippen MR) is 100 cm³/mol. The third-order valence-electron chi connectivity index (χ3n) is 5.36. The number of nitrogens with zero attached hydrogens (tertiary/aromatic N) is 1. The lowest BCUT2D eigenvalue weighted by Gasteiger charge is -2.34. The summed E-state index contributed by atoms with van der Waals surface area (Å²) in [4.78, 5) is 26.8. The van der Waals surface area contributed by atoms with E-state index in [1.165, 1.54) is 0 Å². The van der Waals surface area contributed by atoms with E-state index in [9.17, 15) is 9.59 Å². The van der Waals surface area contributed by atoms with Crippen molar-refractivity contribution in [2.75, 3.05) is 26.7 Å². The van der Waals surface area contributed by atoms with Crippen molar-refractivity contribution in [1.82, 2.24) is 15.5 Å². The molecule has 0 saturated carbocycles. The average Bonchev–Trinajstić information content (AvgIpc) is 2.69. The van der Waals surface area contributed by atoms with Crippen molar-refractivity contribution in [2.24, 2.45) is 0 Å². The molecular formula is C20H29N3O3. The van der Waals surface area contributed by atoms with Crippen LogP contribution >= 0.6 is 0 Å². The normalized spacial score (nSPS) is 21.3.